The van der Waals surface area contributed by atoms with Crippen LogP contribution in [0.2, 0.25) is 0 Å². The first kappa shape index (κ1) is 18.2. The number of hydrogen-bond donors (Lipinski definition) is 1. The van der Waals surface area contributed by atoms with Gasteiger partial charge in [-0.3, -0.25) is 4.98 Å². The minimum Gasteiger partial charge on any atom is -0.439 e. The van der Waals surface area contributed by atoms with Gasteiger partial charge in [-0.2, -0.15) is 0 Å². The number of carbonyl (C=O) groups excluding carboxylic acids is 1. The number of cyclic esters (lactones) is 1. The van der Waals surface area contributed by atoms with Gasteiger partial charge in [-0.25, -0.2) is 9.18 Å². The van der Waals surface area contributed by atoms with Crippen LogP contribution in [0, 0.1) is 29.0 Å². The van der Waals surface area contributed by atoms with E-state index in [9.17, 15) is 9.18 Å². The summed E-state index contributed by atoms with van der Waals surface area (Å²) < 4.78 is 19.1. The molecule has 2 heterocycles. The number of halogens is 1. The number of pyridine rings is 1. The maximum Gasteiger partial charge on any atom is 0.408 e. The van der Waals surface area contributed by atoms with E-state index in [-0.39, 0.29) is 11.2 Å². The molecular weight excluding hydrogens is 367 g/mol. The molecule has 5 heteroatoms. The van der Waals surface area contributed by atoms with Crippen LogP contribution < -0.4 is 5.32 Å². The molecule has 2 bridgehead atoms. The SMILES string of the molecule is O=C1N[C@H](c2cncc(C#CC34CCC(CC3)CC4)c2)[C@@H](c2cccc(F)c2)O1. The van der Waals surface area contributed by atoms with Crippen LogP contribution in [0.1, 0.15) is 67.4 Å². The van der Waals surface area contributed by atoms with Crippen LogP contribution in [-0.2, 0) is 4.74 Å². The zero-order valence-electron chi connectivity index (χ0n) is 16.2. The summed E-state index contributed by atoms with van der Waals surface area (Å²) in [6, 6.07) is 7.67. The Bertz CT molecular complexity index is 987. The molecule has 3 saturated carbocycles. The van der Waals surface area contributed by atoms with Crippen LogP contribution in [-0.4, -0.2) is 11.1 Å². The first-order chi connectivity index (χ1) is 14.1. The Morgan fingerprint density at radius 1 is 1.10 bits per heavy atom. The van der Waals surface area contributed by atoms with Gasteiger partial charge in [0.05, 0.1) is 0 Å². The van der Waals surface area contributed by atoms with Gasteiger partial charge < -0.3 is 10.1 Å². The average Bonchev–Trinajstić information content (AvgIpc) is 3.16. The second kappa shape index (κ2) is 7.18. The van der Waals surface area contributed by atoms with E-state index < -0.39 is 18.2 Å². The molecule has 2 atom stereocenters. The number of alkyl carbamates (subject to hydrolysis) is 1. The number of amides is 1. The molecule has 0 radical (unpaired) electrons. The summed E-state index contributed by atoms with van der Waals surface area (Å²) in [6.07, 6.45) is 9.85. The highest BCUT2D eigenvalue weighted by Crippen LogP contribution is 2.49. The highest BCUT2D eigenvalue weighted by Gasteiger charge is 2.39. The third-order valence-electron chi connectivity index (χ3n) is 6.67. The lowest BCUT2D eigenvalue weighted by Gasteiger charge is -2.43. The first-order valence-electron chi connectivity index (χ1n) is 10.3. The van der Waals surface area contributed by atoms with Crippen molar-refractivity contribution in [2.45, 2.75) is 50.7 Å². The predicted molar refractivity (Wildman–Crippen MR) is 106 cm³/mol. The van der Waals surface area contributed by atoms with Crippen molar-refractivity contribution >= 4 is 6.09 Å². The zero-order chi connectivity index (χ0) is 19.8. The van der Waals surface area contributed by atoms with Crippen LogP contribution in [0.25, 0.3) is 0 Å². The van der Waals surface area contributed by atoms with E-state index >= 15 is 0 Å². The molecule has 1 saturated heterocycles. The number of ether oxygens (including phenoxy) is 1. The van der Waals surface area contributed by atoms with Gasteiger partial charge in [0.2, 0.25) is 0 Å². The molecule has 6 rings (SSSR count). The molecule has 0 unspecified atom stereocenters. The lowest BCUT2D eigenvalue weighted by atomic mass is 9.61. The Morgan fingerprint density at radius 2 is 1.90 bits per heavy atom. The average molecular weight is 390 g/mol. The van der Waals surface area contributed by atoms with Gasteiger partial charge in [0.1, 0.15) is 11.9 Å². The van der Waals surface area contributed by atoms with Gasteiger partial charge in [-0.1, -0.05) is 24.0 Å². The minimum absolute atomic E-state index is 0.166. The number of aromatic nitrogens is 1. The van der Waals surface area contributed by atoms with Crippen molar-refractivity contribution < 1.29 is 13.9 Å². The van der Waals surface area contributed by atoms with Crippen molar-refractivity contribution in [1.29, 1.82) is 0 Å². The predicted octanol–water partition coefficient (Wildman–Crippen LogP) is 5.06. The van der Waals surface area contributed by atoms with Crippen molar-refractivity contribution in [3.05, 3.63) is 65.2 Å². The molecule has 1 aromatic heterocycles. The zero-order valence-corrected chi connectivity index (χ0v) is 16.2. The number of rotatable bonds is 2. The fraction of sp³-hybridized carbons (Fsp3) is 0.417. The smallest absolute Gasteiger partial charge is 0.408 e. The first-order valence-corrected chi connectivity index (χ1v) is 10.3. The van der Waals surface area contributed by atoms with E-state index in [0.717, 1.165) is 17.0 Å². The van der Waals surface area contributed by atoms with Gasteiger partial charge in [0, 0.05) is 23.4 Å². The second-order valence-corrected chi connectivity index (χ2v) is 8.52. The maximum atomic E-state index is 13.7. The Morgan fingerprint density at radius 3 is 2.66 bits per heavy atom. The minimum atomic E-state index is -0.601. The summed E-state index contributed by atoms with van der Waals surface area (Å²) >= 11 is 0. The molecule has 3 aliphatic carbocycles. The molecule has 1 N–H and O–H groups in total. The van der Waals surface area contributed by atoms with E-state index in [1.165, 1.54) is 50.7 Å². The van der Waals surface area contributed by atoms with Crippen LogP contribution in [0.3, 0.4) is 0 Å². The molecule has 1 aliphatic heterocycles. The molecule has 1 amide bonds. The van der Waals surface area contributed by atoms with Crippen LogP contribution in [0.4, 0.5) is 9.18 Å². The molecule has 4 fully saturated rings. The van der Waals surface area contributed by atoms with E-state index in [0.29, 0.717) is 5.56 Å². The van der Waals surface area contributed by atoms with Crippen molar-refractivity contribution in [2.75, 3.05) is 0 Å². The second-order valence-electron chi connectivity index (χ2n) is 8.52. The fourth-order valence-corrected chi connectivity index (χ4v) is 4.96. The van der Waals surface area contributed by atoms with Crippen LogP contribution in [0.15, 0.2) is 42.7 Å². The standard InChI is InChI=1S/C24H23FN2O2/c25-20-3-1-2-18(13-20)22-21(27-23(28)29-22)19-12-17(14-26-15-19)7-11-24-8-4-16(5-9-24)6-10-24/h1-3,12-16,21-22H,4-6,8-10H2,(H,27,28)/t16?,21-,22-,24?/m1/s1. The van der Waals surface area contributed by atoms with Crippen molar-refractivity contribution in [3.63, 3.8) is 0 Å². The Labute approximate surface area is 169 Å². The Kier molecular flexibility index (Phi) is 4.50. The van der Waals surface area contributed by atoms with E-state index in [4.69, 9.17) is 4.74 Å². The number of benzene rings is 1. The highest BCUT2D eigenvalue weighted by atomic mass is 19.1. The molecular formula is C24H23FN2O2. The molecule has 0 spiro atoms. The number of fused-ring (bicyclic) bond motifs is 3. The van der Waals surface area contributed by atoms with E-state index in [2.05, 4.69) is 22.1 Å². The number of nitrogens with zero attached hydrogens (tertiary/aromatic N) is 1. The van der Waals surface area contributed by atoms with Crippen LogP contribution >= 0.6 is 0 Å². The monoisotopic (exact) mass is 390 g/mol. The summed E-state index contributed by atoms with van der Waals surface area (Å²) in [5.74, 6) is 7.45. The largest absolute Gasteiger partial charge is 0.439 e. The van der Waals surface area contributed by atoms with Gasteiger partial charge in [-0.05, 0) is 73.8 Å². The molecule has 4 aliphatic rings. The Balaban J connectivity index is 1.42. The van der Waals surface area contributed by atoms with Gasteiger partial charge in [0.25, 0.3) is 0 Å². The fourth-order valence-electron chi connectivity index (χ4n) is 4.96. The van der Waals surface area contributed by atoms with Crippen molar-refractivity contribution in [3.8, 4) is 11.8 Å². The summed E-state index contributed by atoms with van der Waals surface area (Å²) in [4.78, 5) is 16.3. The van der Waals surface area contributed by atoms with Crippen molar-refractivity contribution in [2.24, 2.45) is 11.3 Å². The molecule has 148 valence electrons. The Hall–Kier alpha value is -2.87. The molecule has 1 aromatic carbocycles. The summed E-state index contributed by atoms with van der Waals surface area (Å²) in [7, 11) is 0. The van der Waals surface area contributed by atoms with Gasteiger partial charge in [0.15, 0.2) is 6.10 Å². The molecule has 29 heavy (non-hydrogen) atoms. The lowest BCUT2D eigenvalue weighted by Crippen LogP contribution is -2.32. The van der Waals surface area contributed by atoms with E-state index in [1.54, 1.807) is 24.5 Å². The lowest BCUT2D eigenvalue weighted by molar-refractivity contribution is 0.119. The quantitative estimate of drug-likeness (QED) is 0.729. The summed E-state index contributed by atoms with van der Waals surface area (Å²) in [5.41, 5.74) is 2.42. The van der Waals surface area contributed by atoms with Gasteiger partial charge >= 0.3 is 6.09 Å². The molecule has 2 aromatic rings. The number of hydrogen-bond acceptors (Lipinski definition) is 3. The normalized spacial score (nSPS) is 30.2. The molecule has 4 nitrogen and oxygen atoms in total. The van der Waals surface area contributed by atoms with Gasteiger partial charge in [-0.15, -0.1) is 0 Å². The number of nitrogens with one attached hydrogen (secondary N) is 1. The van der Waals surface area contributed by atoms with Crippen LogP contribution in [0.5, 0.6) is 0 Å². The van der Waals surface area contributed by atoms with Crippen molar-refractivity contribution in [1.82, 2.24) is 10.3 Å². The summed E-state index contributed by atoms with van der Waals surface area (Å²) in [5, 5.41) is 2.82. The third kappa shape index (κ3) is 3.60. The van der Waals surface area contributed by atoms with E-state index in [1.807, 2.05) is 6.07 Å². The summed E-state index contributed by atoms with van der Waals surface area (Å²) in [6.45, 7) is 0. The third-order valence-corrected chi connectivity index (χ3v) is 6.67. The highest BCUT2D eigenvalue weighted by molar-refractivity contribution is 5.71. The number of carbonyl (C=O) groups is 1. The maximum absolute atomic E-state index is 13.7. The topological polar surface area (TPSA) is 51.2 Å².